The van der Waals surface area contributed by atoms with Crippen molar-refractivity contribution in [1.82, 2.24) is 10.6 Å². The zero-order chi connectivity index (χ0) is 14.8. The predicted molar refractivity (Wildman–Crippen MR) is 72.7 cm³/mol. The number of nitrogens with one attached hydrogen (secondary N) is 2. The lowest BCUT2D eigenvalue weighted by Gasteiger charge is -2.13. The fourth-order valence-electron chi connectivity index (χ4n) is 1.43. The van der Waals surface area contributed by atoms with Crippen LogP contribution in [-0.2, 0) is 9.59 Å². The number of carbonyl (C=O) groups excluding carboxylic acids is 2. The van der Waals surface area contributed by atoms with Crippen LogP contribution >= 0.6 is 0 Å². The molecule has 1 unspecified atom stereocenters. The average molecular weight is 272 g/mol. The molecular weight excluding hydrogens is 248 g/mol. The Labute approximate surface area is 113 Å². The number of amidine groups is 1. The Bertz CT molecular complexity index is 329. The average Bonchev–Trinajstić information content (AvgIpc) is 2.36. The van der Waals surface area contributed by atoms with Gasteiger partial charge in [-0.15, -0.1) is 0 Å². The van der Waals surface area contributed by atoms with Gasteiger partial charge in [-0.2, -0.15) is 0 Å². The van der Waals surface area contributed by atoms with E-state index in [1.54, 1.807) is 6.92 Å². The van der Waals surface area contributed by atoms with E-state index in [1.165, 1.54) is 0 Å². The van der Waals surface area contributed by atoms with Crippen LogP contribution < -0.4 is 16.4 Å². The molecule has 0 saturated carbocycles. The van der Waals surface area contributed by atoms with Gasteiger partial charge in [-0.25, -0.2) is 0 Å². The molecule has 0 bridgehead atoms. The molecule has 0 saturated heterocycles. The van der Waals surface area contributed by atoms with Gasteiger partial charge >= 0.3 is 0 Å². The van der Waals surface area contributed by atoms with Gasteiger partial charge in [0.2, 0.25) is 11.8 Å². The number of nitrogens with two attached hydrogens (primary N) is 1. The predicted octanol–water partition coefficient (Wildman–Crippen LogP) is 0.0375. The minimum Gasteiger partial charge on any atom is -0.409 e. The van der Waals surface area contributed by atoms with Crippen molar-refractivity contribution in [3.8, 4) is 0 Å². The number of carbonyl (C=O) groups is 2. The van der Waals surface area contributed by atoms with Gasteiger partial charge in [-0.3, -0.25) is 9.59 Å². The molecule has 0 radical (unpaired) electrons. The van der Waals surface area contributed by atoms with Crippen LogP contribution in [0.4, 0.5) is 0 Å². The maximum Gasteiger partial charge on any atom is 0.230 e. The highest BCUT2D eigenvalue weighted by molar-refractivity contribution is 6.02. The highest BCUT2D eigenvalue weighted by Crippen LogP contribution is 2.02. The molecule has 0 fully saturated rings. The molecule has 5 N–H and O–H groups in total. The van der Waals surface area contributed by atoms with Crippen molar-refractivity contribution in [1.29, 1.82) is 0 Å². The summed E-state index contributed by atoms with van der Waals surface area (Å²) in [5, 5.41) is 16.7. The smallest absolute Gasteiger partial charge is 0.230 e. The van der Waals surface area contributed by atoms with E-state index in [0.29, 0.717) is 18.9 Å². The van der Waals surface area contributed by atoms with Crippen LogP contribution in [0.15, 0.2) is 5.16 Å². The van der Waals surface area contributed by atoms with Gasteiger partial charge in [-0.1, -0.05) is 25.9 Å². The van der Waals surface area contributed by atoms with Gasteiger partial charge in [-0.05, 0) is 12.3 Å². The summed E-state index contributed by atoms with van der Waals surface area (Å²) in [6.07, 6.45) is 0.645. The van der Waals surface area contributed by atoms with Crippen LogP contribution in [-0.4, -0.2) is 35.9 Å². The van der Waals surface area contributed by atoms with Gasteiger partial charge in [0.15, 0.2) is 5.84 Å². The molecule has 0 aliphatic carbocycles. The van der Waals surface area contributed by atoms with Gasteiger partial charge in [0.1, 0.15) is 0 Å². The molecule has 0 aliphatic heterocycles. The zero-order valence-corrected chi connectivity index (χ0v) is 11.8. The summed E-state index contributed by atoms with van der Waals surface area (Å²) < 4.78 is 0. The van der Waals surface area contributed by atoms with Gasteiger partial charge < -0.3 is 21.6 Å². The Balaban J connectivity index is 4.00. The molecule has 2 amide bonds. The lowest BCUT2D eigenvalue weighted by atomic mass is 10.0. The summed E-state index contributed by atoms with van der Waals surface area (Å²) in [6, 6.07) is 0. The number of rotatable bonds is 8. The van der Waals surface area contributed by atoms with E-state index < -0.39 is 5.92 Å². The number of hydrogen-bond acceptors (Lipinski definition) is 4. The summed E-state index contributed by atoms with van der Waals surface area (Å²) in [5.41, 5.74) is 5.40. The Morgan fingerprint density at radius 3 is 2.42 bits per heavy atom. The van der Waals surface area contributed by atoms with Crippen molar-refractivity contribution in [3.63, 3.8) is 0 Å². The number of oxime groups is 1. The first-order chi connectivity index (χ1) is 8.92. The summed E-state index contributed by atoms with van der Waals surface area (Å²) in [6.45, 7) is 6.62. The lowest BCUT2D eigenvalue weighted by molar-refractivity contribution is -0.123. The van der Waals surface area contributed by atoms with Crippen LogP contribution in [0, 0.1) is 11.8 Å². The van der Waals surface area contributed by atoms with E-state index in [9.17, 15) is 9.59 Å². The van der Waals surface area contributed by atoms with Crippen molar-refractivity contribution in [2.75, 3.05) is 13.1 Å². The molecule has 0 spiro atoms. The summed E-state index contributed by atoms with van der Waals surface area (Å²) in [4.78, 5) is 23.1. The van der Waals surface area contributed by atoms with Crippen LogP contribution in [0.5, 0.6) is 0 Å². The zero-order valence-electron chi connectivity index (χ0n) is 11.8. The standard InChI is InChI=1S/C12H24N4O3/c1-4-9(11(13)16-19)12(18)14-6-5-10(17)15-7-8(2)3/h8-9,19H,4-7H2,1-3H3,(H2,13,16)(H,14,18)(H,15,17). The first-order valence-corrected chi connectivity index (χ1v) is 6.44. The normalized spacial score (nSPS) is 13.2. The van der Waals surface area contributed by atoms with Crippen molar-refractivity contribution in [2.24, 2.45) is 22.7 Å². The minimum absolute atomic E-state index is 0.106. The Morgan fingerprint density at radius 2 is 1.95 bits per heavy atom. The monoisotopic (exact) mass is 272 g/mol. The van der Waals surface area contributed by atoms with Gasteiger partial charge in [0, 0.05) is 19.5 Å². The number of nitrogens with zero attached hydrogens (tertiary/aromatic N) is 1. The third kappa shape index (κ3) is 7.28. The van der Waals surface area contributed by atoms with Crippen molar-refractivity contribution in [3.05, 3.63) is 0 Å². The second kappa shape index (κ2) is 9.18. The SMILES string of the molecule is CCC(C(=O)NCCC(=O)NCC(C)C)C(N)=NO. The highest BCUT2D eigenvalue weighted by atomic mass is 16.4. The van der Waals surface area contributed by atoms with E-state index in [2.05, 4.69) is 15.8 Å². The van der Waals surface area contributed by atoms with Crippen LogP contribution in [0.25, 0.3) is 0 Å². The molecule has 7 nitrogen and oxygen atoms in total. The summed E-state index contributed by atoms with van der Waals surface area (Å²) in [7, 11) is 0. The molecule has 0 aromatic heterocycles. The van der Waals surface area contributed by atoms with Crippen molar-refractivity contribution in [2.45, 2.75) is 33.6 Å². The van der Waals surface area contributed by atoms with E-state index in [4.69, 9.17) is 10.9 Å². The summed E-state index contributed by atoms with van der Waals surface area (Å²) in [5.74, 6) is -0.836. The van der Waals surface area contributed by atoms with Crippen LogP contribution in [0.2, 0.25) is 0 Å². The third-order valence-electron chi connectivity index (χ3n) is 2.56. The van der Waals surface area contributed by atoms with E-state index in [1.807, 2.05) is 13.8 Å². The second-order valence-corrected chi connectivity index (χ2v) is 4.72. The van der Waals surface area contributed by atoms with E-state index >= 15 is 0 Å². The fraction of sp³-hybridized carbons (Fsp3) is 0.750. The molecule has 0 heterocycles. The molecule has 0 aliphatic rings. The molecule has 19 heavy (non-hydrogen) atoms. The lowest BCUT2D eigenvalue weighted by Crippen LogP contribution is -2.40. The van der Waals surface area contributed by atoms with Crippen molar-refractivity contribution >= 4 is 17.6 Å². The quantitative estimate of drug-likeness (QED) is 0.216. The molecule has 0 aromatic rings. The maximum atomic E-state index is 11.7. The number of hydrogen-bond donors (Lipinski definition) is 4. The molecule has 0 aromatic carbocycles. The van der Waals surface area contributed by atoms with Gasteiger partial charge in [0.25, 0.3) is 0 Å². The first kappa shape index (κ1) is 17.2. The topological polar surface area (TPSA) is 117 Å². The Kier molecular flexibility index (Phi) is 8.32. The Morgan fingerprint density at radius 1 is 1.32 bits per heavy atom. The molecule has 7 heteroatoms. The number of amides is 2. The minimum atomic E-state index is -0.663. The van der Waals surface area contributed by atoms with Crippen LogP contribution in [0.3, 0.4) is 0 Å². The second-order valence-electron chi connectivity index (χ2n) is 4.72. The highest BCUT2D eigenvalue weighted by Gasteiger charge is 2.20. The largest absolute Gasteiger partial charge is 0.409 e. The summed E-state index contributed by atoms with van der Waals surface area (Å²) >= 11 is 0. The Hall–Kier alpha value is -1.79. The first-order valence-electron chi connectivity index (χ1n) is 6.44. The fourth-order valence-corrected chi connectivity index (χ4v) is 1.43. The molecule has 1 atom stereocenters. The van der Waals surface area contributed by atoms with Crippen molar-refractivity contribution < 1.29 is 14.8 Å². The van der Waals surface area contributed by atoms with Crippen LogP contribution in [0.1, 0.15) is 33.6 Å². The molecule has 0 rings (SSSR count). The molecular formula is C12H24N4O3. The van der Waals surface area contributed by atoms with E-state index in [-0.39, 0.29) is 30.6 Å². The third-order valence-corrected chi connectivity index (χ3v) is 2.56. The van der Waals surface area contributed by atoms with Gasteiger partial charge in [0.05, 0.1) is 5.92 Å². The maximum absolute atomic E-state index is 11.7. The molecule has 110 valence electrons. The van der Waals surface area contributed by atoms with E-state index in [0.717, 1.165) is 0 Å².